The fraction of sp³-hybridized carbons (Fsp3) is 0.556. The van der Waals surface area contributed by atoms with E-state index in [2.05, 4.69) is 0 Å². The highest BCUT2D eigenvalue weighted by Crippen LogP contribution is 2.24. The maximum absolute atomic E-state index is 11.5. The van der Waals surface area contributed by atoms with Crippen molar-refractivity contribution in [1.29, 1.82) is 0 Å². The first-order chi connectivity index (χ1) is 7.93. The Kier molecular flexibility index (Phi) is 4.88. The van der Waals surface area contributed by atoms with Gasteiger partial charge in [-0.05, 0) is 12.8 Å². The third-order valence-corrected chi connectivity index (χ3v) is 3.63. The maximum atomic E-state index is 11.5. The Hall–Kier alpha value is -1.15. The molecule has 0 radical (unpaired) electrons. The van der Waals surface area contributed by atoms with Gasteiger partial charge in [0.15, 0.2) is 0 Å². The van der Waals surface area contributed by atoms with Crippen molar-refractivity contribution in [3.63, 3.8) is 0 Å². The van der Waals surface area contributed by atoms with Crippen LogP contribution in [0.2, 0.25) is 0 Å². The van der Waals surface area contributed by atoms with Gasteiger partial charge in [0.2, 0.25) is 5.91 Å². The van der Waals surface area contributed by atoms with Gasteiger partial charge in [0.25, 0.3) is 0 Å². The minimum atomic E-state index is -1.16. The molecule has 1 saturated heterocycles. The van der Waals surface area contributed by atoms with Crippen LogP contribution in [0.5, 0.6) is 0 Å². The molecular formula is C9H11NO5S2. The second kappa shape index (κ2) is 5.97. The van der Waals surface area contributed by atoms with Crippen molar-refractivity contribution in [1.82, 2.24) is 4.90 Å². The van der Waals surface area contributed by atoms with Crippen molar-refractivity contribution in [2.75, 3.05) is 5.75 Å². The molecule has 1 fully saturated rings. The zero-order valence-corrected chi connectivity index (χ0v) is 10.4. The lowest BCUT2D eigenvalue weighted by molar-refractivity contribution is -0.146. The van der Waals surface area contributed by atoms with E-state index in [9.17, 15) is 14.4 Å². The van der Waals surface area contributed by atoms with Crippen LogP contribution in [0.15, 0.2) is 0 Å². The third-order valence-electron chi connectivity index (χ3n) is 2.25. The van der Waals surface area contributed by atoms with Crippen LogP contribution in [0.25, 0.3) is 0 Å². The molecule has 6 nitrogen and oxygen atoms in total. The van der Waals surface area contributed by atoms with Crippen LogP contribution >= 0.6 is 24.0 Å². The SMILES string of the molecule is O=C(O)CCC[C@H](C(=O)O)N1C(=O)CSC1=S. The van der Waals surface area contributed by atoms with Gasteiger partial charge in [-0.3, -0.25) is 14.5 Å². The molecule has 1 aliphatic heterocycles. The molecule has 17 heavy (non-hydrogen) atoms. The number of carboxylic acids is 2. The summed E-state index contributed by atoms with van der Waals surface area (Å²) in [6, 6.07) is -1.05. The monoisotopic (exact) mass is 277 g/mol. The lowest BCUT2D eigenvalue weighted by atomic mass is 10.1. The molecule has 0 aromatic rings. The van der Waals surface area contributed by atoms with Crippen molar-refractivity contribution in [2.24, 2.45) is 0 Å². The highest BCUT2D eigenvalue weighted by atomic mass is 32.2. The fourth-order valence-electron chi connectivity index (χ4n) is 1.48. The van der Waals surface area contributed by atoms with E-state index in [0.717, 1.165) is 16.7 Å². The molecule has 0 aliphatic carbocycles. The van der Waals surface area contributed by atoms with E-state index in [1.165, 1.54) is 0 Å². The summed E-state index contributed by atoms with van der Waals surface area (Å²) in [6.45, 7) is 0. The first-order valence-electron chi connectivity index (χ1n) is 4.87. The predicted octanol–water partition coefficient (Wildman–Crippen LogP) is 0.555. The minimum Gasteiger partial charge on any atom is -0.481 e. The summed E-state index contributed by atoms with van der Waals surface area (Å²) in [4.78, 5) is 33.9. The average Bonchev–Trinajstić information content (AvgIpc) is 2.54. The molecule has 1 aliphatic rings. The number of hydrogen-bond donors (Lipinski definition) is 2. The van der Waals surface area contributed by atoms with E-state index in [1.54, 1.807) is 0 Å². The number of nitrogens with zero attached hydrogens (tertiary/aromatic N) is 1. The van der Waals surface area contributed by atoms with Gasteiger partial charge >= 0.3 is 11.9 Å². The summed E-state index contributed by atoms with van der Waals surface area (Å²) >= 11 is 6.03. The lowest BCUT2D eigenvalue weighted by Gasteiger charge is -2.23. The highest BCUT2D eigenvalue weighted by molar-refractivity contribution is 8.23. The zero-order chi connectivity index (χ0) is 13.0. The molecule has 1 heterocycles. The molecule has 0 unspecified atom stereocenters. The summed E-state index contributed by atoms with van der Waals surface area (Å²) in [7, 11) is 0. The van der Waals surface area contributed by atoms with Gasteiger partial charge in [-0.1, -0.05) is 24.0 Å². The number of hydrogen-bond acceptors (Lipinski definition) is 5. The number of rotatable bonds is 6. The quantitative estimate of drug-likeness (QED) is 0.685. The van der Waals surface area contributed by atoms with E-state index in [-0.39, 0.29) is 35.2 Å². The van der Waals surface area contributed by atoms with Crippen molar-refractivity contribution < 1.29 is 24.6 Å². The van der Waals surface area contributed by atoms with Crippen LogP contribution < -0.4 is 0 Å². The van der Waals surface area contributed by atoms with Crippen LogP contribution in [-0.2, 0) is 14.4 Å². The lowest BCUT2D eigenvalue weighted by Crippen LogP contribution is -2.44. The Labute approximate surface area is 107 Å². The van der Waals surface area contributed by atoms with Crippen molar-refractivity contribution >= 4 is 46.1 Å². The minimum absolute atomic E-state index is 0.0913. The average molecular weight is 277 g/mol. The number of carboxylic acid groups (broad SMARTS) is 2. The first-order valence-corrected chi connectivity index (χ1v) is 6.26. The molecule has 0 spiro atoms. The van der Waals surface area contributed by atoms with Crippen molar-refractivity contribution in [2.45, 2.75) is 25.3 Å². The van der Waals surface area contributed by atoms with Gasteiger partial charge in [0.05, 0.1) is 5.75 Å². The molecule has 8 heteroatoms. The Balaban J connectivity index is 2.65. The summed E-state index contributed by atoms with van der Waals surface area (Å²) in [5.74, 6) is -2.32. The second-order valence-corrected chi connectivity index (χ2v) is 5.07. The summed E-state index contributed by atoms with van der Waals surface area (Å²) < 4.78 is 0.248. The Morgan fingerprint density at radius 2 is 2.12 bits per heavy atom. The number of amides is 1. The molecule has 0 aromatic carbocycles. The number of carbonyl (C=O) groups is 3. The normalized spacial score (nSPS) is 17.3. The van der Waals surface area contributed by atoms with Crippen molar-refractivity contribution in [3.8, 4) is 0 Å². The van der Waals surface area contributed by atoms with E-state index < -0.39 is 18.0 Å². The van der Waals surface area contributed by atoms with E-state index >= 15 is 0 Å². The Morgan fingerprint density at radius 3 is 2.53 bits per heavy atom. The van der Waals surface area contributed by atoms with E-state index in [0.29, 0.717) is 0 Å². The molecule has 1 amide bonds. The van der Waals surface area contributed by atoms with Crippen LogP contribution in [0, 0.1) is 0 Å². The summed E-state index contributed by atoms with van der Waals surface area (Å²) in [5.41, 5.74) is 0. The summed E-state index contributed by atoms with van der Waals surface area (Å²) in [5, 5.41) is 17.5. The van der Waals surface area contributed by atoms with Crippen molar-refractivity contribution in [3.05, 3.63) is 0 Å². The van der Waals surface area contributed by atoms with Gasteiger partial charge in [0, 0.05) is 6.42 Å². The topological polar surface area (TPSA) is 94.9 Å². The standard InChI is InChI=1S/C9H11NO5S2/c11-6-4-17-9(16)10(6)5(8(14)15)2-1-3-7(12)13/h5H,1-4H2,(H,12,13)(H,14,15)/t5-/m1/s1. The van der Waals surface area contributed by atoms with Crippen LogP contribution in [-0.4, -0.2) is 49.1 Å². The molecule has 2 N–H and O–H groups in total. The largest absolute Gasteiger partial charge is 0.481 e. The van der Waals surface area contributed by atoms with Gasteiger partial charge in [-0.15, -0.1) is 0 Å². The number of thiocarbonyl (C=S) groups is 1. The van der Waals surface area contributed by atoms with E-state index in [4.69, 9.17) is 22.4 Å². The van der Waals surface area contributed by atoms with Gasteiger partial charge < -0.3 is 10.2 Å². The summed E-state index contributed by atoms with van der Waals surface area (Å²) in [6.07, 6.45) is 0.170. The van der Waals surface area contributed by atoms with Crippen LogP contribution in [0.3, 0.4) is 0 Å². The molecular weight excluding hydrogens is 266 g/mol. The fourth-order valence-corrected chi connectivity index (χ4v) is 2.64. The number of aliphatic carboxylic acids is 2. The second-order valence-electron chi connectivity index (χ2n) is 3.46. The molecule has 0 aromatic heterocycles. The van der Waals surface area contributed by atoms with Gasteiger partial charge in [-0.25, -0.2) is 4.79 Å². The van der Waals surface area contributed by atoms with Gasteiger partial charge in [0.1, 0.15) is 10.4 Å². The molecule has 0 bridgehead atoms. The molecule has 0 saturated carbocycles. The van der Waals surface area contributed by atoms with E-state index in [1.807, 2.05) is 0 Å². The third kappa shape index (κ3) is 3.67. The van der Waals surface area contributed by atoms with Gasteiger partial charge in [-0.2, -0.15) is 0 Å². The zero-order valence-electron chi connectivity index (χ0n) is 8.79. The smallest absolute Gasteiger partial charge is 0.326 e. The highest BCUT2D eigenvalue weighted by Gasteiger charge is 2.36. The predicted molar refractivity (Wildman–Crippen MR) is 64.8 cm³/mol. The van der Waals surface area contributed by atoms with Crippen LogP contribution in [0.1, 0.15) is 19.3 Å². The van der Waals surface area contributed by atoms with Crippen LogP contribution in [0.4, 0.5) is 0 Å². The molecule has 1 atom stereocenters. The number of thioether (sulfide) groups is 1. The first kappa shape index (κ1) is 13.9. The Morgan fingerprint density at radius 1 is 1.47 bits per heavy atom. The number of carbonyl (C=O) groups excluding carboxylic acids is 1. The Bertz CT molecular complexity index is 354. The molecule has 1 rings (SSSR count). The molecule has 94 valence electrons. The maximum Gasteiger partial charge on any atom is 0.326 e.